The Labute approximate surface area is 86.3 Å². The van der Waals surface area contributed by atoms with Crippen molar-refractivity contribution >= 4 is 27.0 Å². The second kappa shape index (κ2) is 3.06. The van der Waals surface area contributed by atoms with Crippen molar-refractivity contribution in [1.82, 2.24) is 15.0 Å². The van der Waals surface area contributed by atoms with Crippen LogP contribution in [0.2, 0.25) is 0 Å². The lowest BCUT2D eigenvalue weighted by molar-refractivity contribution is 1.06. The molecule has 0 unspecified atom stereocenters. The fraction of sp³-hybridized carbons (Fsp3) is 0.125. The molecule has 14 heavy (non-hydrogen) atoms. The zero-order valence-electron chi connectivity index (χ0n) is 7.22. The molecular weight excluding hydrogens is 250 g/mol. The van der Waals surface area contributed by atoms with Gasteiger partial charge in [-0.2, -0.15) is 0 Å². The van der Waals surface area contributed by atoms with E-state index in [1.165, 1.54) is 6.20 Å². The SMILES string of the molecule is Cc1c(Br)cnc2c(=O)[nH]c(=O)[nH]c12. The van der Waals surface area contributed by atoms with E-state index in [1.54, 1.807) is 6.92 Å². The summed E-state index contributed by atoms with van der Waals surface area (Å²) in [7, 11) is 0. The fourth-order valence-electron chi connectivity index (χ4n) is 1.21. The maximum atomic E-state index is 11.3. The highest BCUT2D eigenvalue weighted by Crippen LogP contribution is 2.18. The van der Waals surface area contributed by atoms with Crippen LogP contribution in [0.5, 0.6) is 0 Å². The number of H-pyrrole nitrogens is 2. The molecule has 5 nitrogen and oxygen atoms in total. The third-order valence-electron chi connectivity index (χ3n) is 1.96. The van der Waals surface area contributed by atoms with Crippen LogP contribution in [-0.2, 0) is 0 Å². The number of aryl methyl sites for hydroxylation is 1. The number of aromatic amines is 2. The van der Waals surface area contributed by atoms with Crippen molar-refractivity contribution < 1.29 is 0 Å². The zero-order chi connectivity index (χ0) is 10.3. The van der Waals surface area contributed by atoms with Crippen LogP contribution in [0.4, 0.5) is 0 Å². The van der Waals surface area contributed by atoms with Crippen molar-refractivity contribution in [3.63, 3.8) is 0 Å². The number of nitrogens with one attached hydrogen (secondary N) is 2. The lowest BCUT2D eigenvalue weighted by Gasteiger charge is -2.01. The van der Waals surface area contributed by atoms with Gasteiger partial charge >= 0.3 is 5.69 Å². The van der Waals surface area contributed by atoms with Crippen molar-refractivity contribution in [2.24, 2.45) is 0 Å². The predicted molar refractivity (Wildman–Crippen MR) is 55.4 cm³/mol. The van der Waals surface area contributed by atoms with Crippen molar-refractivity contribution in [3.8, 4) is 0 Å². The van der Waals surface area contributed by atoms with Gasteiger partial charge in [-0.1, -0.05) is 0 Å². The number of nitrogens with zero attached hydrogens (tertiary/aromatic N) is 1. The fourth-order valence-corrected chi connectivity index (χ4v) is 1.51. The van der Waals surface area contributed by atoms with Gasteiger partial charge in [0, 0.05) is 10.7 Å². The molecule has 6 heteroatoms. The summed E-state index contributed by atoms with van der Waals surface area (Å²) in [5.74, 6) is 0. The van der Waals surface area contributed by atoms with E-state index in [1.807, 2.05) is 0 Å². The van der Waals surface area contributed by atoms with E-state index in [0.29, 0.717) is 5.52 Å². The first-order valence-electron chi connectivity index (χ1n) is 3.87. The minimum absolute atomic E-state index is 0.241. The summed E-state index contributed by atoms with van der Waals surface area (Å²) in [6, 6.07) is 0. The first-order valence-corrected chi connectivity index (χ1v) is 4.66. The molecule has 0 fully saturated rings. The third-order valence-corrected chi connectivity index (χ3v) is 2.76. The van der Waals surface area contributed by atoms with E-state index in [4.69, 9.17) is 0 Å². The van der Waals surface area contributed by atoms with Gasteiger partial charge in [-0.05, 0) is 28.4 Å². The van der Waals surface area contributed by atoms with Gasteiger partial charge in [-0.15, -0.1) is 0 Å². The molecule has 0 bridgehead atoms. The van der Waals surface area contributed by atoms with Gasteiger partial charge in [0.25, 0.3) is 5.56 Å². The number of rotatable bonds is 0. The molecule has 0 amide bonds. The molecule has 0 aliphatic carbocycles. The number of hydrogen-bond acceptors (Lipinski definition) is 3. The second-order valence-corrected chi connectivity index (χ2v) is 3.72. The quantitative estimate of drug-likeness (QED) is 0.727. The third kappa shape index (κ3) is 1.27. The van der Waals surface area contributed by atoms with Gasteiger partial charge in [-0.3, -0.25) is 9.78 Å². The summed E-state index contributed by atoms with van der Waals surface area (Å²) in [6.07, 6.45) is 1.53. The standard InChI is InChI=1S/C8H6BrN3O2/c1-3-4(9)2-10-6-5(3)11-8(14)12-7(6)13/h2H,1H3,(H2,11,12,13,14). The van der Waals surface area contributed by atoms with Crippen LogP contribution < -0.4 is 11.2 Å². The highest BCUT2D eigenvalue weighted by Gasteiger charge is 2.06. The van der Waals surface area contributed by atoms with E-state index in [9.17, 15) is 9.59 Å². The molecule has 0 radical (unpaired) electrons. The van der Waals surface area contributed by atoms with E-state index < -0.39 is 11.2 Å². The van der Waals surface area contributed by atoms with Crippen LogP contribution >= 0.6 is 15.9 Å². The molecule has 0 saturated heterocycles. The highest BCUT2D eigenvalue weighted by atomic mass is 79.9. The van der Waals surface area contributed by atoms with Crippen molar-refractivity contribution in [2.75, 3.05) is 0 Å². The van der Waals surface area contributed by atoms with E-state index in [0.717, 1.165) is 10.0 Å². The van der Waals surface area contributed by atoms with Crippen LogP contribution in [0.3, 0.4) is 0 Å². The van der Waals surface area contributed by atoms with Gasteiger partial charge < -0.3 is 4.98 Å². The summed E-state index contributed by atoms with van der Waals surface area (Å²) in [6.45, 7) is 1.80. The van der Waals surface area contributed by atoms with Gasteiger partial charge in [0.1, 0.15) is 0 Å². The molecule has 0 aliphatic heterocycles. The van der Waals surface area contributed by atoms with Gasteiger partial charge in [0.2, 0.25) is 0 Å². The molecule has 72 valence electrons. The topological polar surface area (TPSA) is 78.6 Å². The van der Waals surface area contributed by atoms with Crippen LogP contribution in [0.25, 0.3) is 11.0 Å². The average Bonchev–Trinajstić information content (AvgIpc) is 2.12. The van der Waals surface area contributed by atoms with Crippen LogP contribution in [0, 0.1) is 6.92 Å². The Kier molecular flexibility index (Phi) is 1.99. The summed E-state index contributed by atoms with van der Waals surface area (Å²) in [4.78, 5) is 30.9. The molecule has 0 saturated carbocycles. The maximum absolute atomic E-state index is 11.3. The molecule has 2 aromatic heterocycles. The Morgan fingerprint density at radius 3 is 2.79 bits per heavy atom. The van der Waals surface area contributed by atoms with Crippen LogP contribution in [0.1, 0.15) is 5.56 Å². The Morgan fingerprint density at radius 2 is 2.07 bits per heavy atom. The summed E-state index contributed by atoms with van der Waals surface area (Å²) >= 11 is 3.27. The van der Waals surface area contributed by atoms with Gasteiger partial charge in [0.15, 0.2) is 5.52 Å². The first-order chi connectivity index (χ1) is 6.59. The monoisotopic (exact) mass is 255 g/mol. The molecule has 0 aliphatic rings. The Hall–Kier alpha value is -1.43. The summed E-state index contributed by atoms with van der Waals surface area (Å²) < 4.78 is 0.756. The molecule has 2 heterocycles. The second-order valence-electron chi connectivity index (χ2n) is 2.86. The van der Waals surface area contributed by atoms with Gasteiger partial charge in [0.05, 0.1) is 5.52 Å². The molecule has 0 spiro atoms. The lowest BCUT2D eigenvalue weighted by Crippen LogP contribution is -2.23. The molecule has 2 aromatic rings. The normalized spacial score (nSPS) is 10.7. The maximum Gasteiger partial charge on any atom is 0.326 e. The number of aromatic nitrogens is 3. The van der Waals surface area contributed by atoms with E-state index >= 15 is 0 Å². The molecule has 2 rings (SSSR count). The molecule has 0 aromatic carbocycles. The van der Waals surface area contributed by atoms with E-state index in [-0.39, 0.29) is 5.52 Å². The average molecular weight is 256 g/mol. The molecular formula is C8H6BrN3O2. The number of pyridine rings is 1. The van der Waals surface area contributed by atoms with E-state index in [2.05, 4.69) is 30.9 Å². The number of hydrogen-bond donors (Lipinski definition) is 2. The van der Waals surface area contributed by atoms with Gasteiger partial charge in [-0.25, -0.2) is 9.78 Å². The predicted octanol–water partition coefficient (Wildman–Crippen LogP) is 0.682. The van der Waals surface area contributed by atoms with Crippen molar-refractivity contribution in [1.29, 1.82) is 0 Å². The minimum atomic E-state index is -0.523. The zero-order valence-corrected chi connectivity index (χ0v) is 8.81. The van der Waals surface area contributed by atoms with Crippen molar-refractivity contribution in [2.45, 2.75) is 6.92 Å². The number of halogens is 1. The summed E-state index contributed by atoms with van der Waals surface area (Å²) in [5, 5.41) is 0. The Bertz CT molecular complexity index is 614. The highest BCUT2D eigenvalue weighted by molar-refractivity contribution is 9.10. The molecule has 2 N–H and O–H groups in total. The largest absolute Gasteiger partial charge is 0.326 e. The van der Waals surface area contributed by atoms with Crippen LogP contribution in [0.15, 0.2) is 20.3 Å². The van der Waals surface area contributed by atoms with Crippen molar-refractivity contribution in [3.05, 3.63) is 37.1 Å². The van der Waals surface area contributed by atoms with Crippen LogP contribution in [-0.4, -0.2) is 15.0 Å². The summed E-state index contributed by atoms with van der Waals surface area (Å²) in [5.41, 5.74) is 0.501. The molecule has 0 atom stereocenters. The Balaban J connectivity index is 3.10. The smallest absolute Gasteiger partial charge is 0.305 e. The number of fused-ring (bicyclic) bond motifs is 1. The minimum Gasteiger partial charge on any atom is -0.305 e. The Morgan fingerprint density at radius 1 is 1.36 bits per heavy atom. The lowest BCUT2D eigenvalue weighted by atomic mass is 10.2. The first kappa shape index (κ1) is 9.14.